The number of ether oxygens (including phenoxy) is 1. The normalized spacial score (nSPS) is 23.9. The number of hydrogen-bond donors (Lipinski definition) is 0. The summed E-state index contributed by atoms with van der Waals surface area (Å²) >= 11 is 0. The highest BCUT2D eigenvalue weighted by Gasteiger charge is 2.53. The van der Waals surface area contributed by atoms with Crippen LogP contribution in [0.5, 0.6) is 5.75 Å². The highest BCUT2D eigenvalue weighted by atomic mass is 19.1. The van der Waals surface area contributed by atoms with Crippen molar-refractivity contribution in [2.75, 3.05) is 0 Å². The summed E-state index contributed by atoms with van der Waals surface area (Å²) in [7, 11) is -0.630. The minimum Gasteiger partial charge on any atom is -0.489 e. The second-order valence-corrected chi connectivity index (χ2v) is 6.44. The van der Waals surface area contributed by atoms with Crippen LogP contribution in [0.3, 0.4) is 0 Å². The number of aromatic nitrogens is 1. The molecule has 1 saturated heterocycles. The van der Waals surface area contributed by atoms with Gasteiger partial charge in [-0.1, -0.05) is 0 Å². The van der Waals surface area contributed by atoms with Crippen molar-refractivity contribution in [2.24, 2.45) is 0 Å². The van der Waals surface area contributed by atoms with Crippen molar-refractivity contribution in [3.05, 3.63) is 18.1 Å². The van der Waals surface area contributed by atoms with E-state index in [0.717, 1.165) is 12.8 Å². The quantitative estimate of drug-likeness (QED) is 0.794. The Morgan fingerprint density at radius 3 is 2.40 bits per heavy atom. The summed E-state index contributed by atoms with van der Waals surface area (Å²) in [6, 6.07) is 1.35. The fraction of sp³-hybridized carbons (Fsp3) is 0.643. The largest absolute Gasteiger partial charge is 0.518 e. The molecule has 108 valence electrons. The molecule has 4 nitrogen and oxygen atoms in total. The summed E-state index contributed by atoms with van der Waals surface area (Å²) in [6.07, 6.45) is 3.33. The lowest BCUT2D eigenvalue weighted by atomic mass is 9.83. The van der Waals surface area contributed by atoms with Crippen molar-refractivity contribution in [3.8, 4) is 5.75 Å². The fourth-order valence-electron chi connectivity index (χ4n) is 2.02. The maximum atomic E-state index is 13.4. The molecule has 6 heteroatoms. The zero-order valence-electron chi connectivity index (χ0n) is 12.3. The first kappa shape index (κ1) is 13.8. The van der Waals surface area contributed by atoms with E-state index in [1.807, 2.05) is 27.7 Å². The number of pyridine rings is 1. The van der Waals surface area contributed by atoms with Gasteiger partial charge in [0.05, 0.1) is 23.5 Å². The molecule has 0 N–H and O–H groups in total. The van der Waals surface area contributed by atoms with Crippen LogP contribution in [0.1, 0.15) is 40.5 Å². The van der Waals surface area contributed by atoms with Crippen molar-refractivity contribution in [1.82, 2.24) is 4.98 Å². The Bertz CT molecular complexity index is 515. The molecule has 2 fully saturated rings. The van der Waals surface area contributed by atoms with Gasteiger partial charge in [-0.05, 0) is 40.5 Å². The SMILES string of the molecule is CC1(C)OB(c2ncc(F)cc2OC2CC2)OC1(C)C. The first-order valence-corrected chi connectivity index (χ1v) is 6.96. The average molecular weight is 279 g/mol. The zero-order chi connectivity index (χ0) is 14.5. The molecular formula is C14H19BFNO3. The van der Waals surface area contributed by atoms with E-state index in [2.05, 4.69) is 4.98 Å². The molecule has 0 atom stereocenters. The third kappa shape index (κ3) is 2.42. The van der Waals surface area contributed by atoms with Crippen LogP contribution in [-0.2, 0) is 9.31 Å². The minimum atomic E-state index is -0.630. The van der Waals surface area contributed by atoms with Gasteiger partial charge in [-0.25, -0.2) is 4.39 Å². The molecule has 1 aromatic rings. The number of halogens is 1. The molecule has 0 bridgehead atoms. The number of rotatable bonds is 3. The molecule has 0 radical (unpaired) electrons. The van der Waals surface area contributed by atoms with Gasteiger partial charge in [-0.15, -0.1) is 0 Å². The average Bonchev–Trinajstić information content (AvgIpc) is 3.07. The summed E-state index contributed by atoms with van der Waals surface area (Å²) < 4.78 is 31.0. The van der Waals surface area contributed by atoms with Gasteiger partial charge in [0.1, 0.15) is 17.2 Å². The summed E-state index contributed by atoms with van der Waals surface area (Å²) in [5.74, 6) is 0.00640. The molecule has 1 aliphatic carbocycles. The van der Waals surface area contributed by atoms with E-state index < -0.39 is 24.1 Å². The van der Waals surface area contributed by atoms with Crippen LogP contribution in [0.15, 0.2) is 12.3 Å². The van der Waals surface area contributed by atoms with Gasteiger partial charge in [0.25, 0.3) is 0 Å². The Morgan fingerprint density at radius 1 is 1.25 bits per heavy atom. The molecule has 0 amide bonds. The molecule has 0 unspecified atom stereocenters. The minimum absolute atomic E-state index is 0.166. The molecular weight excluding hydrogens is 260 g/mol. The first-order valence-electron chi connectivity index (χ1n) is 6.96. The standard InChI is InChI=1S/C14H19BFNO3/c1-13(2)14(3,4)20-15(19-13)12-11(18-10-5-6-10)7-9(16)8-17-12/h7-8,10H,5-6H2,1-4H3. The van der Waals surface area contributed by atoms with Crippen LogP contribution in [0.4, 0.5) is 4.39 Å². The summed E-state index contributed by atoms with van der Waals surface area (Å²) in [6.45, 7) is 7.88. The Balaban J connectivity index is 1.90. The van der Waals surface area contributed by atoms with E-state index in [1.165, 1.54) is 12.3 Å². The third-order valence-electron chi connectivity index (χ3n) is 4.14. The van der Waals surface area contributed by atoms with Crippen molar-refractivity contribution in [1.29, 1.82) is 0 Å². The summed E-state index contributed by atoms with van der Waals surface area (Å²) in [5.41, 5.74) is -0.397. The van der Waals surface area contributed by atoms with Gasteiger partial charge in [0, 0.05) is 6.07 Å². The van der Waals surface area contributed by atoms with Crippen LogP contribution >= 0.6 is 0 Å². The van der Waals surface area contributed by atoms with Gasteiger partial charge in [-0.3, -0.25) is 4.98 Å². The Morgan fingerprint density at radius 2 is 1.85 bits per heavy atom. The molecule has 20 heavy (non-hydrogen) atoms. The van der Waals surface area contributed by atoms with E-state index in [0.29, 0.717) is 11.3 Å². The smallest absolute Gasteiger partial charge is 0.489 e. The van der Waals surface area contributed by atoms with E-state index in [9.17, 15) is 4.39 Å². The van der Waals surface area contributed by atoms with Crippen molar-refractivity contribution in [2.45, 2.75) is 57.8 Å². The maximum absolute atomic E-state index is 13.4. The lowest BCUT2D eigenvalue weighted by molar-refractivity contribution is 0.00578. The van der Waals surface area contributed by atoms with Gasteiger partial charge in [-0.2, -0.15) is 0 Å². The predicted octanol–water partition coefficient (Wildman–Crippen LogP) is 2.06. The molecule has 0 spiro atoms. The van der Waals surface area contributed by atoms with Crippen LogP contribution in [0, 0.1) is 5.82 Å². The van der Waals surface area contributed by atoms with E-state index in [1.54, 1.807) is 0 Å². The molecule has 0 aromatic carbocycles. The highest BCUT2D eigenvalue weighted by molar-refractivity contribution is 6.62. The van der Waals surface area contributed by atoms with Crippen molar-refractivity contribution in [3.63, 3.8) is 0 Å². The van der Waals surface area contributed by atoms with Gasteiger partial charge >= 0.3 is 7.12 Å². The fourth-order valence-corrected chi connectivity index (χ4v) is 2.02. The lowest BCUT2D eigenvalue weighted by Gasteiger charge is -2.32. The summed E-state index contributed by atoms with van der Waals surface area (Å²) in [4.78, 5) is 4.12. The molecule has 3 rings (SSSR count). The molecule has 1 aromatic heterocycles. The van der Waals surface area contributed by atoms with Crippen LogP contribution in [-0.4, -0.2) is 29.4 Å². The highest BCUT2D eigenvalue weighted by Crippen LogP contribution is 2.37. The van der Waals surface area contributed by atoms with Crippen LogP contribution in [0.25, 0.3) is 0 Å². The predicted molar refractivity (Wildman–Crippen MR) is 73.6 cm³/mol. The molecule has 2 heterocycles. The second-order valence-electron chi connectivity index (χ2n) is 6.44. The van der Waals surface area contributed by atoms with Crippen molar-refractivity contribution >= 4 is 12.7 Å². The monoisotopic (exact) mass is 279 g/mol. The Hall–Kier alpha value is -1.14. The Labute approximate surface area is 118 Å². The van der Waals surface area contributed by atoms with E-state index >= 15 is 0 Å². The zero-order valence-corrected chi connectivity index (χ0v) is 12.3. The molecule has 1 aliphatic heterocycles. The van der Waals surface area contributed by atoms with Gasteiger partial charge in [0.15, 0.2) is 0 Å². The maximum Gasteiger partial charge on any atom is 0.518 e. The second kappa shape index (κ2) is 4.43. The molecule has 2 aliphatic rings. The summed E-state index contributed by atoms with van der Waals surface area (Å²) in [5, 5.41) is 0. The third-order valence-corrected chi connectivity index (χ3v) is 4.14. The van der Waals surface area contributed by atoms with Gasteiger partial charge in [0.2, 0.25) is 0 Å². The van der Waals surface area contributed by atoms with Crippen LogP contribution < -0.4 is 10.3 Å². The number of nitrogens with zero attached hydrogens (tertiary/aromatic N) is 1. The van der Waals surface area contributed by atoms with Crippen LogP contribution in [0.2, 0.25) is 0 Å². The lowest BCUT2D eigenvalue weighted by Crippen LogP contribution is -2.41. The van der Waals surface area contributed by atoms with E-state index in [4.69, 9.17) is 14.0 Å². The first-order chi connectivity index (χ1) is 9.28. The molecule has 1 saturated carbocycles. The topological polar surface area (TPSA) is 40.6 Å². The Kier molecular flexibility index (Phi) is 3.06. The van der Waals surface area contributed by atoms with E-state index in [-0.39, 0.29) is 6.10 Å². The van der Waals surface area contributed by atoms with Crippen molar-refractivity contribution < 1.29 is 18.4 Å². The van der Waals surface area contributed by atoms with Gasteiger partial charge < -0.3 is 14.0 Å². The number of hydrogen-bond acceptors (Lipinski definition) is 4.